The molecule has 0 saturated carbocycles. The minimum atomic E-state index is 0. The van der Waals surface area contributed by atoms with Crippen molar-refractivity contribution in [2.24, 2.45) is 0 Å². The normalized spacial score (nSPS) is 10.5. The van der Waals surface area contributed by atoms with Crippen LogP contribution in [-0.2, 0) is 20.1 Å². The maximum absolute atomic E-state index is 7.48. The Kier molecular flexibility index (Phi) is 14.8. The Morgan fingerprint density at radius 3 is 1.08 bits per heavy atom. The molecule has 357 valence electrons. The first kappa shape index (κ1) is 48.9. The molecule has 0 atom stereocenters. The molecule has 0 spiro atoms. The molecule has 2 aromatic heterocycles. The molecule has 1 radical (unpaired) electrons. The predicted molar refractivity (Wildman–Crippen MR) is 302 cm³/mol. The van der Waals surface area contributed by atoms with E-state index in [0.29, 0.717) is 11.4 Å². The summed E-state index contributed by atoms with van der Waals surface area (Å²) in [5.74, 6) is 1.54. The van der Waals surface area contributed by atoms with Gasteiger partial charge in [-0.05, 0) is 74.8 Å². The molecule has 0 unspecified atom stereocenters. The van der Waals surface area contributed by atoms with Crippen LogP contribution >= 0.6 is 0 Å². The van der Waals surface area contributed by atoms with Gasteiger partial charge >= 0.3 is 0 Å². The summed E-state index contributed by atoms with van der Waals surface area (Å²) in [7, 11) is 0. The van der Waals surface area contributed by atoms with E-state index in [0.717, 1.165) is 95.3 Å². The maximum atomic E-state index is 7.48. The van der Waals surface area contributed by atoms with Gasteiger partial charge < -0.3 is 4.57 Å². The Bertz CT molecular complexity index is 3570. The first-order chi connectivity index (χ1) is 36.6. The quantitative estimate of drug-likeness (QED) is 0.128. The number of hydrogen-bond acceptors (Lipinski definition) is 2. The van der Waals surface area contributed by atoms with Crippen LogP contribution in [-0.4, -0.2) is 19.1 Å². The summed E-state index contributed by atoms with van der Waals surface area (Å²) in [5.41, 5.74) is 18.5. The number of aromatic nitrogens is 4. The zero-order valence-electron chi connectivity index (χ0n) is 40.5. The summed E-state index contributed by atoms with van der Waals surface area (Å²) in [5, 5.41) is 0. The summed E-state index contributed by atoms with van der Waals surface area (Å²) in [6.45, 7) is 14.9. The van der Waals surface area contributed by atoms with Gasteiger partial charge in [0.1, 0.15) is 11.5 Å². The summed E-state index contributed by atoms with van der Waals surface area (Å²) < 4.78 is 4.28. The van der Waals surface area contributed by atoms with Gasteiger partial charge in [0.25, 0.3) is 0 Å². The maximum Gasteiger partial charge on any atom is 0.187 e. The van der Waals surface area contributed by atoms with Gasteiger partial charge in [-0.3, -0.25) is 14.4 Å². The van der Waals surface area contributed by atoms with Crippen molar-refractivity contribution in [2.75, 3.05) is 0 Å². The van der Waals surface area contributed by atoms with Gasteiger partial charge in [-0.15, -0.1) is 23.8 Å². The van der Waals surface area contributed by atoms with Crippen molar-refractivity contribution in [3.05, 3.63) is 302 Å². The molecule has 0 aliphatic heterocycles. The van der Waals surface area contributed by atoms with Crippen LogP contribution in [0.5, 0.6) is 0 Å². The summed E-state index contributed by atoms with van der Waals surface area (Å²) in [6.07, 6.45) is 7.64. The smallest absolute Gasteiger partial charge is 0.187 e. The van der Waals surface area contributed by atoms with Gasteiger partial charge in [0.05, 0.1) is 30.3 Å². The van der Waals surface area contributed by atoms with Crippen LogP contribution in [0, 0.1) is 19.2 Å². The molecule has 2 heterocycles. The van der Waals surface area contributed by atoms with E-state index in [4.69, 9.17) is 23.1 Å². The van der Waals surface area contributed by atoms with Crippen LogP contribution in [0.4, 0.5) is 11.4 Å². The van der Waals surface area contributed by atoms with Crippen molar-refractivity contribution in [1.29, 1.82) is 0 Å². The minimum Gasteiger partial charge on any atom is -0.339 e. The van der Waals surface area contributed by atoms with E-state index in [1.54, 1.807) is 12.1 Å². The van der Waals surface area contributed by atoms with Gasteiger partial charge in [0.15, 0.2) is 5.69 Å². The molecule has 12 aromatic rings. The average Bonchev–Trinajstić information content (AvgIpc) is 4.19. The van der Waals surface area contributed by atoms with E-state index >= 15 is 0 Å². The Morgan fingerprint density at radius 2 is 0.680 bits per heavy atom. The zero-order chi connectivity index (χ0) is 50.1. The molecule has 10 aromatic carbocycles. The second kappa shape index (κ2) is 22.8. The third-order valence-electron chi connectivity index (χ3n) is 12.9. The second-order valence-corrected chi connectivity index (χ2v) is 17.5. The predicted octanol–water partition coefficient (Wildman–Crippen LogP) is 18.0. The number of hydrogen-bond donors (Lipinski definition) is 0. The molecule has 0 saturated heterocycles. The van der Waals surface area contributed by atoms with E-state index in [1.807, 2.05) is 91.5 Å². The Labute approximate surface area is 451 Å². The molecule has 0 N–H and O–H groups in total. The fraction of sp³-hybridized carbons (Fsp3) is 0. The van der Waals surface area contributed by atoms with Gasteiger partial charge in [0, 0.05) is 72.7 Å². The third kappa shape index (κ3) is 10.5. The minimum absolute atomic E-state index is 0. The number of imidazole rings is 2. The van der Waals surface area contributed by atoms with Crippen LogP contribution < -0.4 is 0 Å². The molecule has 75 heavy (non-hydrogen) atoms. The number of benzene rings is 10. The Balaban J connectivity index is 0.000000169. The van der Waals surface area contributed by atoms with Crippen LogP contribution in [0.1, 0.15) is 0 Å². The van der Waals surface area contributed by atoms with Gasteiger partial charge in [-0.2, -0.15) is 6.07 Å². The Hall–Kier alpha value is -9.75. The number of nitrogens with zero attached hydrogens (tertiary/aromatic N) is 6. The summed E-state index contributed by atoms with van der Waals surface area (Å²) in [6, 6.07) is 88.3. The van der Waals surface area contributed by atoms with E-state index in [-0.39, 0.29) is 20.1 Å². The molecule has 0 aliphatic carbocycles. The second-order valence-electron chi connectivity index (χ2n) is 17.5. The van der Waals surface area contributed by atoms with Crippen molar-refractivity contribution < 1.29 is 20.1 Å². The van der Waals surface area contributed by atoms with E-state index in [9.17, 15) is 0 Å². The van der Waals surface area contributed by atoms with Crippen LogP contribution in [0.2, 0.25) is 0 Å². The molecule has 6 nitrogen and oxygen atoms in total. The topological polar surface area (TPSA) is 44.4 Å². The molecule has 0 fully saturated rings. The zero-order valence-corrected chi connectivity index (χ0v) is 42.9. The summed E-state index contributed by atoms with van der Waals surface area (Å²) >= 11 is 0. The average molecular weight is 1140 g/mol. The van der Waals surface area contributed by atoms with Gasteiger partial charge in [-0.1, -0.05) is 200 Å². The van der Waals surface area contributed by atoms with Crippen molar-refractivity contribution in [3.8, 4) is 101 Å². The van der Waals surface area contributed by atoms with E-state index < -0.39 is 0 Å². The monoisotopic (exact) mass is 1140 g/mol. The molecular weight excluding hydrogens is 1090 g/mol. The standard InChI is InChI=1S/C34H23N3.C34H22N3.Ir/c2*1-35-30-19-11-18-28(22-30)34-36-20-21-37(34)33-31(26-14-7-3-8-15-26)23-29(25-12-5-2-6-13-25)24-32(33)27-16-9-4-10-17-27;/h2-24H;2-17,19-24H;/q;-1;. The van der Waals surface area contributed by atoms with Crippen molar-refractivity contribution in [2.45, 2.75) is 0 Å². The van der Waals surface area contributed by atoms with Crippen molar-refractivity contribution in [3.63, 3.8) is 0 Å². The molecular formula is C68H45IrN6-. The number of rotatable bonds is 10. The largest absolute Gasteiger partial charge is 0.339 e. The molecule has 12 rings (SSSR count). The molecule has 0 amide bonds. The van der Waals surface area contributed by atoms with Crippen molar-refractivity contribution >= 4 is 11.4 Å². The van der Waals surface area contributed by atoms with E-state index in [2.05, 4.69) is 195 Å². The van der Waals surface area contributed by atoms with Crippen LogP contribution in [0.3, 0.4) is 0 Å². The fourth-order valence-corrected chi connectivity index (χ4v) is 9.48. The van der Waals surface area contributed by atoms with Crippen LogP contribution in [0.25, 0.3) is 111 Å². The SMILES string of the molecule is [C-]#[N+]c1cc[c-]c(-c2nccn2-c2c(-c3ccccc3)cc(-c3ccccc3)cc2-c2ccccc2)c1.[C-]#[N+]c1cccc(-c2nccn2-c2c(-c3ccccc3)cc(-c3ccccc3)cc2-c2ccccc2)c1.[Ir]. The van der Waals surface area contributed by atoms with Gasteiger partial charge in [-0.25, -0.2) is 9.83 Å². The third-order valence-corrected chi connectivity index (χ3v) is 12.9. The first-order valence-corrected chi connectivity index (χ1v) is 24.3. The summed E-state index contributed by atoms with van der Waals surface area (Å²) in [4.78, 5) is 16.7. The molecule has 0 aliphatic rings. The fourth-order valence-electron chi connectivity index (χ4n) is 9.48. The van der Waals surface area contributed by atoms with Crippen molar-refractivity contribution in [1.82, 2.24) is 19.1 Å². The van der Waals surface area contributed by atoms with Crippen LogP contribution in [0.15, 0.2) is 274 Å². The molecule has 0 bridgehead atoms. The van der Waals surface area contributed by atoms with Gasteiger partial charge in [0.2, 0.25) is 0 Å². The Morgan fingerprint density at radius 1 is 0.333 bits per heavy atom. The van der Waals surface area contributed by atoms with E-state index in [1.165, 1.54) is 5.56 Å². The first-order valence-electron chi connectivity index (χ1n) is 24.3. The molecule has 7 heteroatoms.